The number of hydrogen-bond acceptors (Lipinski definition) is 2. The van der Waals surface area contributed by atoms with Crippen molar-refractivity contribution in [2.75, 3.05) is 6.61 Å². The van der Waals surface area contributed by atoms with Crippen LogP contribution >= 0.6 is 0 Å². The highest BCUT2D eigenvalue weighted by Gasteiger charge is 2.09. The van der Waals surface area contributed by atoms with E-state index in [4.69, 9.17) is 5.11 Å². The zero-order chi connectivity index (χ0) is 14.1. The minimum Gasteiger partial charge on any atom is -0.396 e. The van der Waals surface area contributed by atoms with Crippen molar-refractivity contribution in [3.05, 3.63) is 35.4 Å². The van der Waals surface area contributed by atoms with E-state index < -0.39 is 0 Å². The van der Waals surface area contributed by atoms with Crippen LogP contribution in [0.2, 0.25) is 0 Å². The topological polar surface area (TPSA) is 49.3 Å². The molecule has 0 saturated heterocycles. The standard InChI is InChI=1S/C16H25NO2/c1-3-15(11-12-18)17-16(19)6-4-5-14-9-7-13(2)8-10-14/h7-10,15,18H,3-6,11-12H2,1-2H3,(H,17,19). The lowest BCUT2D eigenvalue weighted by atomic mass is 10.1. The van der Waals surface area contributed by atoms with Crippen molar-refractivity contribution in [3.8, 4) is 0 Å². The Balaban J connectivity index is 2.24. The zero-order valence-corrected chi connectivity index (χ0v) is 12.0. The molecule has 0 aromatic heterocycles. The minimum absolute atomic E-state index is 0.0902. The molecule has 0 radical (unpaired) electrons. The molecule has 0 spiro atoms. The highest BCUT2D eigenvalue weighted by molar-refractivity contribution is 5.76. The maximum absolute atomic E-state index is 11.7. The highest BCUT2D eigenvalue weighted by atomic mass is 16.3. The maximum atomic E-state index is 11.7. The molecule has 19 heavy (non-hydrogen) atoms. The van der Waals surface area contributed by atoms with Crippen LogP contribution in [0.15, 0.2) is 24.3 Å². The fourth-order valence-corrected chi connectivity index (χ4v) is 2.04. The summed E-state index contributed by atoms with van der Waals surface area (Å²) in [4.78, 5) is 11.7. The van der Waals surface area contributed by atoms with Gasteiger partial charge in [0.15, 0.2) is 0 Å². The van der Waals surface area contributed by atoms with E-state index in [0.29, 0.717) is 12.8 Å². The normalized spacial score (nSPS) is 12.2. The maximum Gasteiger partial charge on any atom is 0.220 e. The Morgan fingerprint density at radius 1 is 1.32 bits per heavy atom. The summed E-state index contributed by atoms with van der Waals surface area (Å²) in [5, 5.41) is 11.8. The first kappa shape index (κ1) is 15.7. The van der Waals surface area contributed by atoms with E-state index in [2.05, 4.69) is 36.5 Å². The van der Waals surface area contributed by atoms with Gasteiger partial charge in [0.25, 0.3) is 0 Å². The molecule has 2 N–H and O–H groups in total. The first-order valence-corrected chi connectivity index (χ1v) is 7.11. The summed E-state index contributed by atoms with van der Waals surface area (Å²) in [5.74, 6) is 0.0902. The van der Waals surface area contributed by atoms with Crippen LogP contribution < -0.4 is 5.32 Å². The number of hydrogen-bond donors (Lipinski definition) is 2. The van der Waals surface area contributed by atoms with E-state index in [1.54, 1.807) is 0 Å². The van der Waals surface area contributed by atoms with E-state index >= 15 is 0 Å². The number of benzene rings is 1. The first-order valence-electron chi connectivity index (χ1n) is 7.11. The summed E-state index contributed by atoms with van der Waals surface area (Å²) < 4.78 is 0. The monoisotopic (exact) mass is 263 g/mol. The second kappa shape index (κ2) is 8.70. The first-order chi connectivity index (χ1) is 9.15. The largest absolute Gasteiger partial charge is 0.396 e. The summed E-state index contributed by atoms with van der Waals surface area (Å²) in [6.07, 6.45) is 3.86. The van der Waals surface area contributed by atoms with Crippen molar-refractivity contribution < 1.29 is 9.90 Å². The van der Waals surface area contributed by atoms with Crippen molar-refractivity contribution >= 4 is 5.91 Å². The highest BCUT2D eigenvalue weighted by Crippen LogP contribution is 2.07. The molecule has 1 amide bonds. The Hall–Kier alpha value is -1.35. The van der Waals surface area contributed by atoms with E-state index in [-0.39, 0.29) is 18.6 Å². The molecule has 3 heteroatoms. The van der Waals surface area contributed by atoms with Crippen LogP contribution in [0.4, 0.5) is 0 Å². The van der Waals surface area contributed by atoms with Crippen molar-refractivity contribution in [2.24, 2.45) is 0 Å². The molecule has 0 bridgehead atoms. The van der Waals surface area contributed by atoms with E-state index in [1.807, 2.05) is 6.92 Å². The predicted molar refractivity (Wildman–Crippen MR) is 78.0 cm³/mol. The van der Waals surface area contributed by atoms with Gasteiger partial charge in [-0.3, -0.25) is 4.79 Å². The van der Waals surface area contributed by atoms with E-state index in [0.717, 1.165) is 19.3 Å². The molecular weight excluding hydrogens is 238 g/mol. The number of aryl methyl sites for hydroxylation is 2. The van der Waals surface area contributed by atoms with Crippen LogP contribution in [0.1, 0.15) is 43.7 Å². The molecule has 0 aliphatic carbocycles. The van der Waals surface area contributed by atoms with Gasteiger partial charge in [0, 0.05) is 19.1 Å². The average Bonchev–Trinajstić information content (AvgIpc) is 2.40. The summed E-state index contributed by atoms with van der Waals surface area (Å²) in [7, 11) is 0. The Kier molecular flexibility index (Phi) is 7.19. The smallest absolute Gasteiger partial charge is 0.220 e. The number of carbonyl (C=O) groups excluding carboxylic acids is 1. The van der Waals surface area contributed by atoms with Gasteiger partial charge < -0.3 is 10.4 Å². The van der Waals surface area contributed by atoms with E-state index in [1.165, 1.54) is 11.1 Å². The summed E-state index contributed by atoms with van der Waals surface area (Å²) in [6, 6.07) is 8.55. The fourth-order valence-electron chi connectivity index (χ4n) is 2.04. The molecular formula is C16H25NO2. The zero-order valence-electron chi connectivity index (χ0n) is 12.0. The second-order valence-electron chi connectivity index (χ2n) is 5.02. The van der Waals surface area contributed by atoms with Crippen molar-refractivity contribution in [3.63, 3.8) is 0 Å². The van der Waals surface area contributed by atoms with Gasteiger partial charge in [-0.1, -0.05) is 36.8 Å². The number of aliphatic hydroxyl groups excluding tert-OH is 1. The number of aliphatic hydroxyl groups is 1. The summed E-state index contributed by atoms with van der Waals surface area (Å²) in [5.41, 5.74) is 2.54. The van der Waals surface area contributed by atoms with Crippen molar-refractivity contribution in [1.29, 1.82) is 0 Å². The van der Waals surface area contributed by atoms with Gasteiger partial charge in [0.2, 0.25) is 5.91 Å². The molecule has 106 valence electrons. The average molecular weight is 263 g/mol. The molecule has 0 saturated carbocycles. The lowest BCUT2D eigenvalue weighted by Crippen LogP contribution is -2.34. The van der Waals surface area contributed by atoms with Gasteiger partial charge in [0.05, 0.1) is 0 Å². The molecule has 3 nitrogen and oxygen atoms in total. The van der Waals surface area contributed by atoms with E-state index in [9.17, 15) is 4.79 Å². The van der Waals surface area contributed by atoms with Crippen LogP contribution in [-0.4, -0.2) is 23.7 Å². The molecule has 0 heterocycles. The number of carbonyl (C=O) groups is 1. The Morgan fingerprint density at radius 3 is 2.58 bits per heavy atom. The Bertz CT molecular complexity index is 373. The quantitative estimate of drug-likeness (QED) is 0.757. The lowest BCUT2D eigenvalue weighted by Gasteiger charge is -2.15. The van der Waals surface area contributed by atoms with Gasteiger partial charge in [-0.2, -0.15) is 0 Å². The second-order valence-corrected chi connectivity index (χ2v) is 5.02. The number of amides is 1. The molecule has 1 atom stereocenters. The van der Waals surface area contributed by atoms with Crippen LogP contribution in [0.3, 0.4) is 0 Å². The van der Waals surface area contributed by atoms with Gasteiger partial charge in [-0.25, -0.2) is 0 Å². The summed E-state index contributed by atoms with van der Waals surface area (Å²) in [6.45, 7) is 4.22. The molecule has 0 aliphatic heterocycles. The van der Waals surface area contributed by atoms with Gasteiger partial charge >= 0.3 is 0 Å². The van der Waals surface area contributed by atoms with Gasteiger partial charge in [0.1, 0.15) is 0 Å². The minimum atomic E-state index is 0.0902. The third-order valence-corrected chi connectivity index (χ3v) is 3.33. The molecule has 0 fully saturated rings. The lowest BCUT2D eigenvalue weighted by molar-refractivity contribution is -0.122. The number of rotatable bonds is 8. The van der Waals surface area contributed by atoms with Gasteiger partial charge in [-0.05, 0) is 38.2 Å². The molecule has 1 rings (SSSR count). The van der Waals surface area contributed by atoms with Crippen LogP contribution in [0.5, 0.6) is 0 Å². The van der Waals surface area contributed by atoms with Crippen LogP contribution in [-0.2, 0) is 11.2 Å². The number of nitrogens with one attached hydrogen (secondary N) is 1. The predicted octanol–water partition coefficient (Wildman–Crippen LogP) is 2.59. The van der Waals surface area contributed by atoms with Crippen molar-refractivity contribution in [2.45, 2.75) is 52.0 Å². The fraction of sp³-hybridized carbons (Fsp3) is 0.562. The molecule has 1 aromatic carbocycles. The SMILES string of the molecule is CCC(CCO)NC(=O)CCCc1ccc(C)cc1. The van der Waals surface area contributed by atoms with Crippen LogP contribution in [0.25, 0.3) is 0 Å². The molecule has 1 unspecified atom stereocenters. The Morgan fingerprint density at radius 2 is 2.00 bits per heavy atom. The summed E-state index contributed by atoms with van der Waals surface area (Å²) >= 11 is 0. The van der Waals surface area contributed by atoms with Crippen molar-refractivity contribution in [1.82, 2.24) is 5.32 Å². The third kappa shape index (κ3) is 6.39. The molecule has 1 aromatic rings. The third-order valence-electron chi connectivity index (χ3n) is 3.33. The van der Waals surface area contributed by atoms with Crippen LogP contribution in [0, 0.1) is 6.92 Å². The molecule has 0 aliphatic rings. The Labute approximate surface area is 116 Å². The van der Waals surface area contributed by atoms with Gasteiger partial charge in [-0.15, -0.1) is 0 Å².